The van der Waals surface area contributed by atoms with Gasteiger partial charge in [-0.15, -0.1) is 0 Å². The van der Waals surface area contributed by atoms with Crippen LogP contribution in [0, 0.1) is 0 Å². The first-order valence-electron chi connectivity index (χ1n) is 6.84. The van der Waals surface area contributed by atoms with Crippen LogP contribution in [-0.2, 0) is 11.2 Å². The highest BCUT2D eigenvalue weighted by molar-refractivity contribution is 5.50. The summed E-state index contributed by atoms with van der Waals surface area (Å²) < 4.78 is 5.71. The fraction of sp³-hybridized carbons (Fsp3) is 0.222. The van der Waals surface area contributed by atoms with Crippen LogP contribution in [0.2, 0.25) is 0 Å². The van der Waals surface area contributed by atoms with Gasteiger partial charge in [-0.1, -0.05) is 73.7 Å². The molecule has 0 spiro atoms. The second-order valence-corrected chi connectivity index (χ2v) is 4.89. The Kier molecular flexibility index (Phi) is 3.47. The maximum Gasteiger partial charge on any atom is 0.113 e. The van der Waals surface area contributed by atoms with Crippen molar-refractivity contribution < 1.29 is 4.74 Å². The van der Waals surface area contributed by atoms with Gasteiger partial charge in [0, 0.05) is 0 Å². The first kappa shape index (κ1) is 12.2. The van der Waals surface area contributed by atoms with Crippen LogP contribution in [0.15, 0.2) is 60.7 Å². The minimum Gasteiger partial charge on any atom is -0.360 e. The molecule has 2 aromatic rings. The molecule has 0 amide bonds. The number of epoxide rings is 1. The zero-order valence-electron chi connectivity index (χ0n) is 11.1. The van der Waals surface area contributed by atoms with Gasteiger partial charge in [-0.2, -0.15) is 0 Å². The summed E-state index contributed by atoms with van der Waals surface area (Å²) in [6.07, 6.45) is 5.83. The van der Waals surface area contributed by atoms with Crippen LogP contribution >= 0.6 is 0 Å². The third-order valence-corrected chi connectivity index (χ3v) is 3.52. The van der Waals surface area contributed by atoms with Gasteiger partial charge in [-0.05, 0) is 23.1 Å². The summed E-state index contributed by atoms with van der Waals surface area (Å²) in [5.41, 5.74) is 3.87. The van der Waals surface area contributed by atoms with Crippen molar-refractivity contribution in [3.05, 3.63) is 77.4 Å². The van der Waals surface area contributed by atoms with E-state index in [1.807, 2.05) is 18.2 Å². The molecule has 3 rings (SSSR count). The molecule has 19 heavy (non-hydrogen) atoms. The summed E-state index contributed by atoms with van der Waals surface area (Å²) in [4.78, 5) is 0. The second-order valence-electron chi connectivity index (χ2n) is 4.89. The van der Waals surface area contributed by atoms with Crippen molar-refractivity contribution in [3.63, 3.8) is 0 Å². The topological polar surface area (TPSA) is 12.5 Å². The van der Waals surface area contributed by atoms with E-state index in [0.29, 0.717) is 0 Å². The van der Waals surface area contributed by atoms with Crippen molar-refractivity contribution in [3.8, 4) is 0 Å². The minimum absolute atomic E-state index is 0.229. The predicted molar refractivity (Wildman–Crippen MR) is 78.9 cm³/mol. The largest absolute Gasteiger partial charge is 0.360 e. The standard InChI is InChI=1S/C18H18O/c1-2-14-8-11-16(12-9-14)18-17(19-18)13-10-15-6-4-3-5-7-15/h3-13,17-18H,2H2,1H3/b13-10+. The lowest BCUT2D eigenvalue weighted by molar-refractivity contribution is 0.394. The van der Waals surface area contributed by atoms with Gasteiger partial charge >= 0.3 is 0 Å². The quantitative estimate of drug-likeness (QED) is 0.733. The molecule has 1 fully saturated rings. The number of ether oxygens (including phenoxy) is 1. The molecule has 0 radical (unpaired) electrons. The van der Waals surface area contributed by atoms with E-state index in [0.717, 1.165) is 6.42 Å². The molecule has 0 N–H and O–H groups in total. The highest BCUT2D eigenvalue weighted by atomic mass is 16.6. The van der Waals surface area contributed by atoms with Gasteiger partial charge in [0.05, 0.1) is 0 Å². The van der Waals surface area contributed by atoms with E-state index in [2.05, 4.69) is 55.5 Å². The molecule has 1 aliphatic heterocycles. The molecule has 0 saturated carbocycles. The van der Waals surface area contributed by atoms with Crippen molar-refractivity contribution in [2.45, 2.75) is 25.6 Å². The minimum atomic E-state index is 0.229. The van der Waals surface area contributed by atoms with Gasteiger partial charge in [0.2, 0.25) is 0 Å². The molecule has 2 unspecified atom stereocenters. The summed E-state index contributed by atoms with van der Waals surface area (Å²) in [6, 6.07) is 19.1. The van der Waals surface area contributed by atoms with Gasteiger partial charge < -0.3 is 4.74 Å². The first-order chi connectivity index (χ1) is 9.36. The zero-order chi connectivity index (χ0) is 13.1. The van der Waals surface area contributed by atoms with Crippen molar-refractivity contribution in [2.24, 2.45) is 0 Å². The molecule has 1 aliphatic rings. The van der Waals surface area contributed by atoms with Crippen LogP contribution in [0.1, 0.15) is 29.7 Å². The van der Waals surface area contributed by atoms with E-state index >= 15 is 0 Å². The fourth-order valence-electron chi connectivity index (χ4n) is 2.25. The number of hydrogen-bond acceptors (Lipinski definition) is 1. The maximum absolute atomic E-state index is 5.71. The molecule has 1 heterocycles. The fourth-order valence-corrected chi connectivity index (χ4v) is 2.25. The van der Waals surface area contributed by atoms with E-state index in [1.54, 1.807) is 0 Å². The second kappa shape index (κ2) is 5.41. The molecule has 0 aromatic heterocycles. The zero-order valence-corrected chi connectivity index (χ0v) is 11.1. The predicted octanol–water partition coefficient (Wildman–Crippen LogP) is 4.40. The van der Waals surface area contributed by atoms with Crippen LogP contribution in [0.5, 0.6) is 0 Å². The van der Waals surface area contributed by atoms with E-state index in [4.69, 9.17) is 4.74 Å². The van der Waals surface area contributed by atoms with Crippen LogP contribution in [0.25, 0.3) is 6.08 Å². The monoisotopic (exact) mass is 250 g/mol. The Morgan fingerprint density at radius 2 is 1.74 bits per heavy atom. The van der Waals surface area contributed by atoms with Gasteiger partial charge in [-0.3, -0.25) is 0 Å². The van der Waals surface area contributed by atoms with E-state index < -0.39 is 0 Å². The third kappa shape index (κ3) is 2.94. The van der Waals surface area contributed by atoms with Gasteiger partial charge in [0.15, 0.2) is 0 Å². The summed E-state index contributed by atoms with van der Waals surface area (Å²) in [5.74, 6) is 0. The Labute approximate surface area is 114 Å². The Bertz CT molecular complexity index is 554. The van der Waals surface area contributed by atoms with Gasteiger partial charge in [0.25, 0.3) is 0 Å². The molecule has 1 saturated heterocycles. The normalized spacial score (nSPS) is 21.7. The molecule has 0 bridgehead atoms. The lowest BCUT2D eigenvalue weighted by Gasteiger charge is -1.98. The lowest BCUT2D eigenvalue weighted by Crippen LogP contribution is -1.86. The van der Waals surface area contributed by atoms with E-state index in [1.165, 1.54) is 16.7 Å². The van der Waals surface area contributed by atoms with Crippen molar-refractivity contribution >= 4 is 6.08 Å². The number of aryl methyl sites for hydroxylation is 1. The van der Waals surface area contributed by atoms with E-state index in [9.17, 15) is 0 Å². The molecule has 0 aliphatic carbocycles. The highest BCUT2D eigenvalue weighted by Crippen LogP contribution is 2.39. The average Bonchev–Trinajstić information content (AvgIpc) is 3.26. The summed E-state index contributed by atoms with van der Waals surface area (Å²) in [6.45, 7) is 2.17. The molecule has 2 atom stereocenters. The Morgan fingerprint density at radius 3 is 2.42 bits per heavy atom. The summed E-state index contributed by atoms with van der Waals surface area (Å²) >= 11 is 0. The smallest absolute Gasteiger partial charge is 0.113 e. The van der Waals surface area contributed by atoms with Crippen LogP contribution in [0.3, 0.4) is 0 Å². The van der Waals surface area contributed by atoms with Gasteiger partial charge in [-0.25, -0.2) is 0 Å². The van der Waals surface area contributed by atoms with Gasteiger partial charge in [0.1, 0.15) is 12.2 Å². The van der Waals surface area contributed by atoms with Crippen molar-refractivity contribution in [2.75, 3.05) is 0 Å². The van der Waals surface area contributed by atoms with Crippen LogP contribution in [-0.4, -0.2) is 6.10 Å². The molecule has 96 valence electrons. The molecular formula is C18H18O. The summed E-state index contributed by atoms with van der Waals surface area (Å²) in [5, 5.41) is 0. The summed E-state index contributed by atoms with van der Waals surface area (Å²) in [7, 11) is 0. The SMILES string of the molecule is CCc1ccc(C2OC2/C=C/c2ccccc2)cc1. The molecule has 2 aromatic carbocycles. The Morgan fingerprint density at radius 1 is 1.00 bits per heavy atom. The number of rotatable bonds is 4. The number of hydrogen-bond donors (Lipinski definition) is 0. The maximum atomic E-state index is 5.71. The Balaban J connectivity index is 1.63. The lowest BCUT2D eigenvalue weighted by atomic mass is 10.1. The third-order valence-electron chi connectivity index (χ3n) is 3.52. The Hall–Kier alpha value is -1.86. The average molecular weight is 250 g/mol. The van der Waals surface area contributed by atoms with Crippen LogP contribution in [0.4, 0.5) is 0 Å². The van der Waals surface area contributed by atoms with Crippen molar-refractivity contribution in [1.82, 2.24) is 0 Å². The van der Waals surface area contributed by atoms with E-state index in [-0.39, 0.29) is 12.2 Å². The van der Waals surface area contributed by atoms with Crippen molar-refractivity contribution in [1.29, 1.82) is 0 Å². The number of benzene rings is 2. The molecule has 1 heteroatoms. The highest BCUT2D eigenvalue weighted by Gasteiger charge is 2.37. The molecular weight excluding hydrogens is 232 g/mol. The molecule has 1 nitrogen and oxygen atoms in total. The first-order valence-corrected chi connectivity index (χ1v) is 6.84. The van der Waals surface area contributed by atoms with Crippen LogP contribution < -0.4 is 0 Å².